The number of nitrogens with two attached hydrogens (primary N) is 1. The Hall–Kier alpha value is -2.05. The first-order chi connectivity index (χ1) is 8.38. The Labute approximate surface area is 106 Å². The molecule has 1 atom stereocenters. The van der Waals surface area contributed by atoms with Gasteiger partial charge in [-0.3, -0.25) is 14.3 Å². The summed E-state index contributed by atoms with van der Waals surface area (Å²) in [6.45, 7) is 2.09. The summed E-state index contributed by atoms with van der Waals surface area (Å²) in [6.07, 6.45) is 1.43. The Morgan fingerprint density at radius 3 is 2.67 bits per heavy atom. The Bertz CT molecular complexity index is 454. The minimum absolute atomic E-state index is 0.103. The summed E-state index contributed by atoms with van der Waals surface area (Å²) in [7, 11) is 4.87. The van der Waals surface area contributed by atoms with E-state index in [1.807, 2.05) is 0 Å². The molecule has 7 heteroatoms. The third-order valence-electron chi connectivity index (χ3n) is 2.80. The van der Waals surface area contributed by atoms with Crippen molar-refractivity contribution >= 4 is 17.6 Å². The van der Waals surface area contributed by atoms with Crippen molar-refractivity contribution in [3.8, 4) is 0 Å². The highest BCUT2D eigenvalue weighted by Gasteiger charge is 2.21. The lowest BCUT2D eigenvalue weighted by atomic mass is 10.1. The van der Waals surface area contributed by atoms with Gasteiger partial charge in [-0.15, -0.1) is 0 Å². The van der Waals surface area contributed by atoms with Crippen molar-refractivity contribution in [2.24, 2.45) is 13.0 Å². The van der Waals surface area contributed by atoms with E-state index in [0.717, 1.165) is 0 Å². The maximum atomic E-state index is 12.1. The first-order valence-corrected chi connectivity index (χ1v) is 5.63. The van der Waals surface area contributed by atoms with Crippen LogP contribution in [0.25, 0.3) is 0 Å². The summed E-state index contributed by atoms with van der Waals surface area (Å²) in [5, 5.41) is 6.46. The van der Waals surface area contributed by atoms with Crippen LogP contribution in [-0.2, 0) is 11.8 Å². The Morgan fingerprint density at radius 2 is 2.22 bits per heavy atom. The van der Waals surface area contributed by atoms with Gasteiger partial charge < -0.3 is 16.0 Å². The lowest BCUT2D eigenvalue weighted by Crippen LogP contribution is -2.37. The molecule has 1 heterocycles. The smallest absolute Gasteiger partial charge is 0.258 e. The normalized spacial score (nSPS) is 12.0. The molecule has 0 bridgehead atoms. The van der Waals surface area contributed by atoms with Gasteiger partial charge >= 0.3 is 0 Å². The third-order valence-corrected chi connectivity index (χ3v) is 2.80. The topological polar surface area (TPSA) is 93.2 Å². The van der Waals surface area contributed by atoms with Crippen LogP contribution in [0.3, 0.4) is 0 Å². The van der Waals surface area contributed by atoms with Crippen LogP contribution in [0.1, 0.15) is 17.3 Å². The molecule has 1 aromatic rings. The van der Waals surface area contributed by atoms with E-state index in [9.17, 15) is 9.59 Å². The molecule has 2 amide bonds. The molecular formula is C11H19N5O2. The summed E-state index contributed by atoms with van der Waals surface area (Å²) in [5.74, 6) is -0.300. The Kier molecular flexibility index (Phi) is 4.30. The van der Waals surface area contributed by atoms with Crippen LogP contribution in [0.15, 0.2) is 6.20 Å². The fourth-order valence-corrected chi connectivity index (χ4v) is 1.64. The van der Waals surface area contributed by atoms with Crippen molar-refractivity contribution in [1.82, 2.24) is 20.0 Å². The van der Waals surface area contributed by atoms with Crippen molar-refractivity contribution in [3.63, 3.8) is 0 Å². The molecule has 1 rings (SSSR count). The third kappa shape index (κ3) is 2.79. The van der Waals surface area contributed by atoms with Gasteiger partial charge in [-0.2, -0.15) is 5.10 Å². The number of carbonyl (C=O) groups excluding carboxylic acids is 2. The number of nitrogens with zero attached hydrogens (tertiary/aromatic N) is 3. The van der Waals surface area contributed by atoms with Crippen LogP contribution in [0, 0.1) is 5.92 Å². The molecule has 0 aliphatic heterocycles. The number of anilines is 1. The minimum Gasteiger partial charge on any atom is -0.383 e. The first kappa shape index (κ1) is 14.0. The number of rotatable bonds is 4. The summed E-state index contributed by atoms with van der Waals surface area (Å²) >= 11 is 0. The number of amides is 2. The molecule has 0 radical (unpaired) electrons. The maximum Gasteiger partial charge on any atom is 0.258 e. The molecule has 0 spiro atoms. The molecule has 7 nitrogen and oxygen atoms in total. The van der Waals surface area contributed by atoms with Gasteiger partial charge in [0.2, 0.25) is 5.91 Å². The highest BCUT2D eigenvalue weighted by Crippen LogP contribution is 2.12. The van der Waals surface area contributed by atoms with Gasteiger partial charge in [0.15, 0.2) is 0 Å². The SMILES string of the molecule is CNC(=O)C(C)CN(C)C(=O)c1cnn(C)c1N. The second-order valence-corrected chi connectivity index (χ2v) is 4.27. The lowest BCUT2D eigenvalue weighted by molar-refractivity contribution is -0.124. The van der Waals surface area contributed by atoms with Gasteiger partial charge in [0.05, 0.1) is 12.1 Å². The molecular weight excluding hydrogens is 234 g/mol. The van der Waals surface area contributed by atoms with Crippen LogP contribution >= 0.6 is 0 Å². The molecule has 3 N–H and O–H groups in total. The van der Waals surface area contributed by atoms with Crippen molar-refractivity contribution in [1.29, 1.82) is 0 Å². The summed E-state index contributed by atoms with van der Waals surface area (Å²) in [6, 6.07) is 0. The number of aromatic nitrogens is 2. The van der Waals surface area contributed by atoms with E-state index in [2.05, 4.69) is 10.4 Å². The fourth-order valence-electron chi connectivity index (χ4n) is 1.64. The van der Waals surface area contributed by atoms with E-state index in [1.54, 1.807) is 28.1 Å². The first-order valence-electron chi connectivity index (χ1n) is 5.63. The predicted octanol–water partition coefficient (Wildman–Crippen LogP) is -0.544. The number of carbonyl (C=O) groups is 2. The zero-order chi connectivity index (χ0) is 13.9. The van der Waals surface area contributed by atoms with E-state index < -0.39 is 0 Å². The Morgan fingerprint density at radius 1 is 1.61 bits per heavy atom. The molecule has 0 fully saturated rings. The molecule has 18 heavy (non-hydrogen) atoms. The van der Waals surface area contributed by atoms with E-state index in [-0.39, 0.29) is 17.7 Å². The van der Waals surface area contributed by atoms with Crippen LogP contribution in [0.2, 0.25) is 0 Å². The number of aryl methyl sites for hydroxylation is 1. The van der Waals surface area contributed by atoms with Crippen molar-refractivity contribution < 1.29 is 9.59 Å². The number of hydrogen-bond donors (Lipinski definition) is 2. The highest BCUT2D eigenvalue weighted by molar-refractivity contribution is 5.98. The van der Waals surface area contributed by atoms with Gasteiger partial charge in [0.1, 0.15) is 11.4 Å². The van der Waals surface area contributed by atoms with Crippen molar-refractivity contribution in [2.75, 3.05) is 26.4 Å². The maximum absolute atomic E-state index is 12.1. The van der Waals surface area contributed by atoms with Crippen LogP contribution < -0.4 is 11.1 Å². The molecule has 1 unspecified atom stereocenters. The fraction of sp³-hybridized carbons (Fsp3) is 0.545. The zero-order valence-electron chi connectivity index (χ0n) is 11.1. The van der Waals surface area contributed by atoms with E-state index in [4.69, 9.17) is 5.73 Å². The standard InChI is InChI=1S/C11H19N5O2/c1-7(10(17)13-2)6-15(3)11(18)8-5-14-16(4)9(8)12/h5,7H,6,12H2,1-4H3,(H,13,17). The molecule has 0 aromatic carbocycles. The summed E-state index contributed by atoms with van der Waals surface area (Å²) < 4.78 is 1.43. The van der Waals surface area contributed by atoms with Gasteiger partial charge in [-0.25, -0.2) is 0 Å². The highest BCUT2D eigenvalue weighted by atomic mass is 16.2. The van der Waals surface area contributed by atoms with Crippen molar-refractivity contribution in [3.05, 3.63) is 11.8 Å². The van der Waals surface area contributed by atoms with Gasteiger partial charge in [-0.05, 0) is 0 Å². The Balaban J connectivity index is 2.73. The monoisotopic (exact) mass is 253 g/mol. The lowest BCUT2D eigenvalue weighted by Gasteiger charge is -2.20. The number of nitrogen functional groups attached to an aromatic ring is 1. The molecule has 100 valence electrons. The van der Waals surface area contributed by atoms with Crippen LogP contribution in [-0.4, -0.2) is 47.1 Å². The predicted molar refractivity (Wildman–Crippen MR) is 67.8 cm³/mol. The summed E-state index contributed by atoms with van der Waals surface area (Å²) in [5.41, 5.74) is 6.08. The molecule has 0 aliphatic rings. The van der Waals surface area contributed by atoms with Crippen LogP contribution in [0.5, 0.6) is 0 Å². The number of nitrogens with one attached hydrogen (secondary N) is 1. The zero-order valence-corrected chi connectivity index (χ0v) is 11.1. The second kappa shape index (κ2) is 5.52. The van der Waals surface area contributed by atoms with E-state index >= 15 is 0 Å². The van der Waals surface area contributed by atoms with Crippen molar-refractivity contribution in [2.45, 2.75) is 6.92 Å². The second-order valence-electron chi connectivity index (χ2n) is 4.27. The van der Waals surface area contributed by atoms with Crippen LogP contribution in [0.4, 0.5) is 5.82 Å². The molecule has 1 aromatic heterocycles. The average Bonchev–Trinajstić information content (AvgIpc) is 2.67. The van der Waals surface area contributed by atoms with Gasteiger partial charge in [0, 0.05) is 27.7 Å². The molecule has 0 saturated carbocycles. The molecule has 0 aliphatic carbocycles. The van der Waals surface area contributed by atoms with E-state index in [1.165, 1.54) is 15.8 Å². The minimum atomic E-state index is -0.276. The van der Waals surface area contributed by atoms with Gasteiger partial charge in [0.25, 0.3) is 5.91 Å². The van der Waals surface area contributed by atoms with Gasteiger partial charge in [-0.1, -0.05) is 6.92 Å². The largest absolute Gasteiger partial charge is 0.383 e. The van der Waals surface area contributed by atoms with E-state index in [0.29, 0.717) is 17.9 Å². The summed E-state index contributed by atoms with van der Waals surface area (Å²) in [4.78, 5) is 24.9. The molecule has 0 saturated heterocycles. The average molecular weight is 253 g/mol. The quantitative estimate of drug-likeness (QED) is 0.753. The number of hydrogen-bond acceptors (Lipinski definition) is 4.